The molecular weight excluding hydrogens is 377 g/mol. The average molecular weight is 393 g/mol. The van der Waals surface area contributed by atoms with Crippen LogP contribution in [0.4, 0.5) is 26.4 Å². The largest absolute Gasteiger partial charge is 0.441 e. The molecule has 1 saturated heterocycles. The Kier molecular flexibility index (Phi) is 4.54. The highest BCUT2D eigenvalue weighted by atomic mass is 32.1. The quantitative estimate of drug-likeness (QED) is 0.809. The number of anilines is 3. The number of thiazole rings is 1. The van der Waals surface area contributed by atoms with Crippen molar-refractivity contribution in [1.29, 1.82) is 0 Å². The molecule has 3 heterocycles. The normalized spacial score (nSPS) is 19.7. The Morgan fingerprint density at radius 3 is 2.81 bits per heavy atom. The summed E-state index contributed by atoms with van der Waals surface area (Å²) in [4.78, 5) is 28.5. The van der Waals surface area contributed by atoms with Gasteiger partial charge in [0.25, 0.3) is 0 Å². The summed E-state index contributed by atoms with van der Waals surface area (Å²) >= 11 is 1.05. The van der Waals surface area contributed by atoms with Crippen LogP contribution >= 0.6 is 11.3 Å². The monoisotopic (exact) mass is 393 g/mol. The third-order valence-electron chi connectivity index (χ3n) is 4.30. The van der Waals surface area contributed by atoms with Gasteiger partial charge in [-0.3, -0.25) is 14.7 Å². The maximum Gasteiger partial charge on any atom is 0.414 e. The van der Waals surface area contributed by atoms with Crippen molar-refractivity contribution in [3.8, 4) is 0 Å². The molecule has 11 heteroatoms. The Bertz CT molecular complexity index is 945. The number of hydrazone groups is 1. The number of amides is 1. The molecule has 2 N–H and O–H groups in total. The molecule has 0 spiro atoms. The second kappa shape index (κ2) is 7.00. The molecule has 0 aliphatic carbocycles. The number of carbonyl (C=O) groups is 1. The summed E-state index contributed by atoms with van der Waals surface area (Å²) in [7, 11) is 0. The molecule has 1 unspecified atom stereocenters. The summed E-state index contributed by atoms with van der Waals surface area (Å²) in [5, 5.41) is 16.7. The third-order valence-corrected chi connectivity index (χ3v) is 4.96. The van der Waals surface area contributed by atoms with Crippen LogP contribution in [0.1, 0.15) is 0 Å². The molecule has 0 bridgehead atoms. The van der Waals surface area contributed by atoms with E-state index in [1.54, 1.807) is 27.4 Å². The zero-order valence-electron chi connectivity index (χ0n) is 14.0. The fourth-order valence-electron chi connectivity index (χ4n) is 2.93. The lowest BCUT2D eigenvalue weighted by Crippen LogP contribution is -2.38. The number of aliphatic hydroxyl groups excluding tert-OH is 1. The number of halogens is 1. The summed E-state index contributed by atoms with van der Waals surface area (Å²) in [5.41, 5.74) is 0.691. The van der Waals surface area contributed by atoms with Gasteiger partial charge in [0.15, 0.2) is 0 Å². The number of nitrogens with zero attached hydrogens (tertiary/aromatic N) is 4. The van der Waals surface area contributed by atoms with E-state index >= 15 is 0 Å². The topological polar surface area (TPSA) is 101 Å². The van der Waals surface area contributed by atoms with Crippen LogP contribution in [0.5, 0.6) is 0 Å². The number of aliphatic hydroxyl groups is 1. The van der Waals surface area contributed by atoms with Gasteiger partial charge in [0.05, 0.1) is 31.1 Å². The first-order valence-electron chi connectivity index (χ1n) is 8.20. The van der Waals surface area contributed by atoms with Gasteiger partial charge >= 0.3 is 11.0 Å². The summed E-state index contributed by atoms with van der Waals surface area (Å²) in [6.07, 6.45) is 0.272. The van der Waals surface area contributed by atoms with Crippen molar-refractivity contribution < 1.29 is 19.0 Å². The number of aromatic amines is 1. The van der Waals surface area contributed by atoms with Crippen LogP contribution in [0, 0.1) is 5.82 Å². The molecule has 1 amide bonds. The molecule has 0 radical (unpaired) electrons. The predicted octanol–water partition coefficient (Wildman–Crippen LogP) is 1.16. The molecule has 0 saturated carbocycles. The molecule has 1 atom stereocenters. The molecule has 142 valence electrons. The Morgan fingerprint density at radius 2 is 2.22 bits per heavy atom. The molecule has 4 rings (SSSR count). The molecule has 1 aromatic heterocycles. The lowest BCUT2D eigenvalue weighted by atomic mass is 10.2. The molecule has 27 heavy (non-hydrogen) atoms. The van der Waals surface area contributed by atoms with Gasteiger partial charge in [-0.1, -0.05) is 11.3 Å². The van der Waals surface area contributed by atoms with Gasteiger partial charge in [-0.2, -0.15) is 5.10 Å². The van der Waals surface area contributed by atoms with E-state index in [1.165, 1.54) is 17.3 Å². The van der Waals surface area contributed by atoms with Crippen LogP contribution in [0.2, 0.25) is 0 Å². The van der Waals surface area contributed by atoms with Crippen molar-refractivity contribution in [1.82, 2.24) is 4.98 Å². The first kappa shape index (κ1) is 17.5. The zero-order valence-corrected chi connectivity index (χ0v) is 14.9. The minimum Gasteiger partial charge on any atom is -0.441 e. The number of ether oxygens (including phenoxy) is 1. The Hall–Kier alpha value is -2.92. The van der Waals surface area contributed by atoms with E-state index in [0.29, 0.717) is 30.3 Å². The summed E-state index contributed by atoms with van der Waals surface area (Å²) in [6, 6.07) is 4.45. The first-order valence-corrected chi connectivity index (χ1v) is 9.08. The number of benzene rings is 1. The second-order valence-corrected chi connectivity index (χ2v) is 6.86. The second-order valence-electron chi connectivity index (χ2n) is 6.02. The van der Waals surface area contributed by atoms with Gasteiger partial charge in [-0.15, -0.1) is 0 Å². The van der Waals surface area contributed by atoms with Gasteiger partial charge in [-0.25, -0.2) is 14.2 Å². The lowest BCUT2D eigenvalue weighted by Gasteiger charge is -2.29. The van der Waals surface area contributed by atoms with Gasteiger partial charge in [0, 0.05) is 11.9 Å². The molecule has 1 fully saturated rings. The molecule has 2 aliphatic rings. The Morgan fingerprint density at radius 1 is 1.37 bits per heavy atom. The number of aromatic nitrogens is 1. The maximum absolute atomic E-state index is 14.6. The van der Waals surface area contributed by atoms with E-state index < -0.39 is 18.0 Å². The first-order chi connectivity index (χ1) is 13.0. The van der Waals surface area contributed by atoms with Crippen LogP contribution in [0.25, 0.3) is 0 Å². The molecule has 2 aliphatic heterocycles. The van der Waals surface area contributed by atoms with Gasteiger partial charge in [-0.05, 0) is 18.2 Å². The minimum absolute atomic E-state index is 0.159. The van der Waals surface area contributed by atoms with Crippen LogP contribution in [0.3, 0.4) is 0 Å². The van der Waals surface area contributed by atoms with Gasteiger partial charge in [0.1, 0.15) is 24.1 Å². The number of rotatable bonds is 4. The highest BCUT2D eigenvalue weighted by Gasteiger charge is 2.32. The van der Waals surface area contributed by atoms with Gasteiger partial charge < -0.3 is 14.7 Å². The summed E-state index contributed by atoms with van der Waals surface area (Å²) < 4.78 is 19.6. The third kappa shape index (κ3) is 3.38. The van der Waals surface area contributed by atoms with Crippen molar-refractivity contribution in [2.75, 3.05) is 41.0 Å². The number of carbonyl (C=O) groups excluding carboxylic acids is 1. The molecular formula is C16H16FN5O4S. The van der Waals surface area contributed by atoms with Crippen molar-refractivity contribution in [2.24, 2.45) is 5.10 Å². The smallest absolute Gasteiger partial charge is 0.414 e. The Labute approximate surface area is 156 Å². The number of hydrogen-bond acceptors (Lipinski definition) is 8. The van der Waals surface area contributed by atoms with Crippen molar-refractivity contribution in [3.05, 3.63) is 39.1 Å². The maximum atomic E-state index is 14.6. The molecule has 2 aromatic rings. The minimum atomic E-state index is -0.610. The van der Waals surface area contributed by atoms with Crippen LogP contribution < -0.4 is 19.7 Å². The summed E-state index contributed by atoms with van der Waals surface area (Å²) in [6.45, 7) is 0.836. The van der Waals surface area contributed by atoms with Crippen LogP contribution in [0.15, 0.2) is 33.5 Å². The van der Waals surface area contributed by atoms with E-state index in [1.807, 2.05) is 0 Å². The fraction of sp³-hybridized carbons (Fsp3) is 0.312. The van der Waals surface area contributed by atoms with E-state index in [0.717, 1.165) is 11.3 Å². The van der Waals surface area contributed by atoms with Crippen molar-refractivity contribution >= 4 is 41.0 Å². The standard InChI is InChI=1S/C16H16FN5O4S/c17-12-5-10(21-6-11(7-23)26-16(21)25)1-2-13(12)20-3-4-22(18-9-20)14-8-27-15(24)19-14/h1-2,5,8-9,11,23H,3-4,6-7H2,(H,19,24). The van der Waals surface area contributed by atoms with Crippen molar-refractivity contribution in [2.45, 2.75) is 6.10 Å². The van der Waals surface area contributed by atoms with E-state index in [4.69, 9.17) is 9.84 Å². The van der Waals surface area contributed by atoms with E-state index in [9.17, 15) is 14.0 Å². The lowest BCUT2D eigenvalue weighted by molar-refractivity contribution is 0.0963. The highest BCUT2D eigenvalue weighted by Crippen LogP contribution is 2.28. The van der Waals surface area contributed by atoms with E-state index in [2.05, 4.69) is 10.1 Å². The predicted molar refractivity (Wildman–Crippen MR) is 99.2 cm³/mol. The van der Waals surface area contributed by atoms with Crippen LogP contribution in [-0.2, 0) is 4.74 Å². The summed E-state index contributed by atoms with van der Waals surface area (Å²) in [5.74, 6) is 0.0966. The molecule has 1 aromatic carbocycles. The van der Waals surface area contributed by atoms with Crippen LogP contribution in [-0.4, -0.2) is 54.9 Å². The number of hydrogen-bond donors (Lipinski definition) is 2. The average Bonchev–Trinajstić information content (AvgIpc) is 3.27. The fourth-order valence-corrected chi connectivity index (χ4v) is 3.49. The molecule has 9 nitrogen and oxygen atoms in total. The SMILES string of the molecule is O=C1OC(CO)CN1c1ccc(N2C=NN(c3csc(=O)[nH]3)CC2)c(F)c1. The zero-order chi connectivity index (χ0) is 19.0. The highest BCUT2D eigenvalue weighted by molar-refractivity contribution is 7.07. The van der Waals surface area contributed by atoms with Crippen molar-refractivity contribution in [3.63, 3.8) is 0 Å². The number of nitrogens with one attached hydrogen (secondary N) is 1. The van der Waals surface area contributed by atoms with Gasteiger partial charge in [0.2, 0.25) is 0 Å². The number of H-pyrrole nitrogens is 1. The van der Waals surface area contributed by atoms with E-state index in [-0.39, 0.29) is 18.0 Å². The Balaban J connectivity index is 1.50. The number of cyclic esters (lactones) is 1.